The molecule has 0 aliphatic carbocycles. The highest BCUT2D eigenvalue weighted by Gasteiger charge is 2.22. The zero-order chi connectivity index (χ0) is 13.5. The molecule has 0 aliphatic rings. The maximum absolute atomic E-state index is 11.5. The zero-order valence-electron chi connectivity index (χ0n) is 10.2. The van der Waals surface area contributed by atoms with Crippen LogP contribution in [-0.4, -0.2) is 28.2 Å². The van der Waals surface area contributed by atoms with Crippen LogP contribution < -0.4 is 5.14 Å². The Morgan fingerprint density at radius 2 is 1.89 bits per heavy atom. The van der Waals surface area contributed by atoms with Crippen molar-refractivity contribution in [1.29, 1.82) is 0 Å². The highest BCUT2D eigenvalue weighted by atomic mass is 32.2. The van der Waals surface area contributed by atoms with Crippen molar-refractivity contribution in [3.05, 3.63) is 29.5 Å². The van der Waals surface area contributed by atoms with Crippen LogP contribution in [0.3, 0.4) is 0 Å². The van der Waals surface area contributed by atoms with Crippen LogP contribution in [0.25, 0.3) is 5.82 Å². The van der Waals surface area contributed by atoms with Crippen LogP contribution in [0.1, 0.15) is 17.1 Å². The number of primary sulfonamides is 1. The molecule has 0 unspecified atom stereocenters. The summed E-state index contributed by atoms with van der Waals surface area (Å²) in [5.41, 5.74) is 1.56. The monoisotopic (exact) mass is 267 g/mol. The minimum atomic E-state index is -3.79. The maximum atomic E-state index is 11.5. The van der Waals surface area contributed by atoms with Gasteiger partial charge in [0.15, 0.2) is 5.82 Å². The summed E-state index contributed by atoms with van der Waals surface area (Å²) in [6, 6.07) is 1.71. The zero-order valence-corrected chi connectivity index (χ0v) is 11.1. The fourth-order valence-corrected chi connectivity index (χ4v) is 2.77. The van der Waals surface area contributed by atoms with Gasteiger partial charge in [0.2, 0.25) is 10.0 Å². The van der Waals surface area contributed by atoms with E-state index < -0.39 is 10.0 Å². The SMILES string of the molecule is Cc1cc(-n2nc(C)c(S(N)(=O)=O)c2C)ncn1. The molecule has 7 nitrogen and oxygen atoms in total. The van der Waals surface area contributed by atoms with Gasteiger partial charge in [-0.3, -0.25) is 0 Å². The Hall–Kier alpha value is -1.80. The van der Waals surface area contributed by atoms with Gasteiger partial charge in [-0.05, 0) is 20.8 Å². The molecular formula is C10H13N5O2S. The van der Waals surface area contributed by atoms with Gasteiger partial charge in [0.1, 0.15) is 11.2 Å². The molecule has 0 amide bonds. The molecule has 2 rings (SSSR count). The highest BCUT2D eigenvalue weighted by Crippen LogP contribution is 2.20. The van der Waals surface area contributed by atoms with Crippen molar-refractivity contribution in [2.24, 2.45) is 5.14 Å². The summed E-state index contributed by atoms with van der Waals surface area (Å²) in [6.45, 7) is 5.05. The highest BCUT2D eigenvalue weighted by molar-refractivity contribution is 7.89. The van der Waals surface area contributed by atoms with Crippen molar-refractivity contribution < 1.29 is 8.42 Å². The first-order valence-electron chi connectivity index (χ1n) is 5.18. The average Bonchev–Trinajstić information content (AvgIpc) is 2.53. The normalized spacial score (nSPS) is 11.8. The molecule has 2 N–H and O–H groups in total. The van der Waals surface area contributed by atoms with E-state index >= 15 is 0 Å². The van der Waals surface area contributed by atoms with Crippen molar-refractivity contribution in [3.8, 4) is 5.82 Å². The summed E-state index contributed by atoms with van der Waals surface area (Å²) < 4.78 is 24.4. The first kappa shape index (κ1) is 12.7. The van der Waals surface area contributed by atoms with Crippen LogP contribution >= 0.6 is 0 Å². The van der Waals surface area contributed by atoms with Gasteiger partial charge in [-0.15, -0.1) is 0 Å². The van der Waals surface area contributed by atoms with E-state index in [2.05, 4.69) is 15.1 Å². The minimum absolute atomic E-state index is 0.0405. The molecule has 2 aromatic heterocycles. The van der Waals surface area contributed by atoms with Gasteiger partial charge in [-0.25, -0.2) is 28.2 Å². The third kappa shape index (κ3) is 2.12. The van der Waals surface area contributed by atoms with Crippen molar-refractivity contribution in [3.63, 3.8) is 0 Å². The summed E-state index contributed by atoms with van der Waals surface area (Å²) in [5, 5.41) is 9.32. The number of nitrogens with zero attached hydrogens (tertiary/aromatic N) is 4. The summed E-state index contributed by atoms with van der Waals surface area (Å²) in [4.78, 5) is 8.08. The molecule has 18 heavy (non-hydrogen) atoms. The van der Waals surface area contributed by atoms with Crippen molar-refractivity contribution >= 4 is 10.0 Å². The van der Waals surface area contributed by atoms with Crippen molar-refractivity contribution in [2.45, 2.75) is 25.7 Å². The van der Waals surface area contributed by atoms with Gasteiger partial charge in [0.25, 0.3) is 0 Å². The molecule has 0 saturated carbocycles. The fourth-order valence-electron chi connectivity index (χ4n) is 1.82. The van der Waals surface area contributed by atoms with Crippen LogP contribution in [0.15, 0.2) is 17.3 Å². The molecule has 0 spiro atoms. The van der Waals surface area contributed by atoms with E-state index in [1.165, 1.54) is 11.0 Å². The second kappa shape index (κ2) is 4.14. The molecular weight excluding hydrogens is 254 g/mol. The van der Waals surface area contributed by atoms with Crippen LogP contribution in [0, 0.1) is 20.8 Å². The molecule has 0 fully saturated rings. The van der Waals surface area contributed by atoms with Gasteiger partial charge in [-0.1, -0.05) is 0 Å². The van der Waals surface area contributed by atoms with E-state index in [-0.39, 0.29) is 4.90 Å². The van der Waals surface area contributed by atoms with E-state index in [1.807, 2.05) is 6.92 Å². The summed E-state index contributed by atoms with van der Waals surface area (Å²) >= 11 is 0. The molecule has 0 atom stereocenters. The van der Waals surface area contributed by atoms with E-state index in [0.29, 0.717) is 17.2 Å². The fraction of sp³-hybridized carbons (Fsp3) is 0.300. The molecule has 0 radical (unpaired) electrons. The number of sulfonamides is 1. The molecule has 0 saturated heterocycles. The molecule has 8 heteroatoms. The number of aryl methyl sites for hydroxylation is 2. The second-order valence-electron chi connectivity index (χ2n) is 3.97. The number of aromatic nitrogens is 4. The maximum Gasteiger partial charge on any atom is 0.241 e. The van der Waals surface area contributed by atoms with Crippen LogP contribution in [0.5, 0.6) is 0 Å². The van der Waals surface area contributed by atoms with Crippen molar-refractivity contribution in [2.75, 3.05) is 0 Å². The Bertz CT molecular complexity index is 705. The van der Waals surface area contributed by atoms with Gasteiger partial charge < -0.3 is 0 Å². The second-order valence-corrected chi connectivity index (χ2v) is 5.47. The average molecular weight is 267 g/mol. The summed E-state index contributed by atoms with van der Waals surface area (Å²) in [7, 11) is -3.79. The van der Waals surface area contributed by atoms with Gasteiger partial charge in [0, 0.05) is 11.8 Å². The summed E-state index contributed by atoms with van der Waals surface area (Å²) in [6.07, 6.45) is 1.40. The Labute approximate surface area is 105 Å². The number of hydrogen-bond acceptors (Lipinski definition) is 5. The molecule has 2 heterocycles. The molecule has 0 aromatic carbocycles. The molecule has 0 aliphatic heterocycles. The lowest BCUT2D eigenvalue weighted by Crippen LogP contribution is -2.14. The van der Waals surface area contributed by atoms with Crippen LogP contribution in [-0.2, 0) is 10.0 Å². The number of nitrogens with two attached hydrogens (primary N) is 1. The predicted molar refractivity (Wildman–Crippen MR) is 64.7 cm³/mol. The van der Waals surface area contributed by atoms with E-state index in [9.17, 15) is 8.42 Å². The lowest BCUT2D eigenvalue weighted by atomic mass is 10.4. The van der Waals surface area contributed by atoms with Gasteiger partial charge >= 0.3 is 0 Å². The third-order valence-corrected chi connectivity index (χ3v) is 3.68. The Kier molecular flexibility index (Phi) is 2.91. The van der Waals surface area contributed by atoms with E-state index in [4.69, 9.17) is 5.14 Å². The molecule has 96 valence electrons. The van der Waals surface area contributed by atoms with E-state index in [0.717, 1.165) is 5.69 Å². The molecule has 2 aromatic rings. The quantitative estimate of drug-likeness (QED) is 0.839. The summed E-state index contributed by atoms with van der Waals surface area (Å²) in [5.74, 6) is 0.512. The first-order chi connectivity index (χ1) is 8.30. The van der Waals surface area contributed by atoms with Crippen molar-refractivity contribution in [1.82, 2.24) is 19.7 Å². The standard InChI is InChI=1S/C10H13N5O2S/c1-6-4-9(13-5-12-6)15-8(3)10(7(2)14-15)18(11,16)17/h4-5H,1-3H3,(H2,11,16,17). The lowest BCUT2D eigenvalue weighted by Gasteiger charge is -2.03. The Balaban J connectivity index is 2.69. The third-order valence-electron chi connectivity index (χ3n) is 2.52. The van der Waals surface area contributed by atoms with Crippen LogP contribution in [0.2, 0.25) is 0 Å². The molecule has 0 bridgehead atoms. The van der Waals surface area contributed by atoms with Gasteiger partial charge in [0.05, 0.1) is 11.4 Å². The minimum Gasteiger partial charge on any atom is -0.242 e. The smallest absolute Gasteiger partial charge is 0.241 e. The van der Waals surface area contributed by atoms with Crippen LogP contribution in [0.4, 0.5) is 0 Å². The Morgan fingerprint density at radius 1 is 1.22 bits per heavy atom. The lowest BCUT2D eigenvalue weighted by molar-refractivity contribution is 0.596. The largest absolute Gasteiger partial charge is 0.242 e. The first-order valence-corrected chi connectivity index (χ1v) is 6.73. The number of hydrogen-bond donors (Lipinski definition) is 1. The topological polar surface area (TPSA) is 104 Å². The predicted octanol–water partition coefficient (Wildman–Crippen LogP) is 0.235. The van der Waals surface area contributed by atoms with Gasteiger partial charge in [-0.2, -0.15) is 5.10 Å². The van der Waals surface area contributed by atoms with E-state index in [1.54, 1.807) is 19.9 Å². The Morgan fingerprint density at radius 3 is 2.39 bits per heavy atom. The number of rotatable bonds is 2.